The van der Waals surface area contributed by atoms with Crippen LogP contribution in [0.25, 0.3) is 10.2 Å². The van der Waals surface area contributed by atoms with Gasteiger partial charge in [0.15, 0.2) is 0 Å². The van der Waals surface area contributed by atoms with Gasteiger partial charge >= 0.3 is 12.1 Å². The molecule has 9 heteroatoms. The molecule has 1 atom stereocenters. The van der Waals surface area contributed by atoms with Gasteiger partial charge in [-0.2, -0.15) is 0 Å². The van der Waals surface area contributed by atoms with E-state index in [4.69, 9.17) is 4.74 Å². The molecule has 0 bridgehead atoms. The lowest BCUT2D eigenvalue weighted by Crippen LogP contribution is -2.48. The van der Waals surface area contributed by atoms with Crippen molar-refractivity contribution in [3.8, 4) is 0 Å². The topological polar surface area (TPSA) is 104 Å². The van der Waals surface area contributed by atoms with Gasteiger partial charge in [0.25, 0.3) is 0 Å². The van der Waals surface area contributed by atoms with Crippen LogP contribution in [0.2, 0.25) is 0 Å². The predicted octanol–water partition coefficient (Wildman–Crippen LogP) is 3.69. The molecule has 3 aromatic rings. The number of para-hydroxylation sites is 1. The molecule has 1 aromatic carbocycles. The predicted molar refractivity (Wildman–Crippen MR) is 120 cm³/mol. The Bertz CT molecular complexity index is 1060. The van der Waals surface area contributed by atoms with E-state index in [9.17, 15) is 19.9 Å². The Hall–Kier alpha value is -3.20. The van der Waals surface area contributed by atoms with Crippen molar-refractivity contribution in [2.45, 2.75) is 51.7 Å². The number of aryl methyl sites for hydroxylation is 1. The SMILES string of the molecule is CC(C)(C)OC(=O)N(CCCc1ccc[n+](O)c1)[C@@H](Cc1nc2ccccc2s1)C(=O)O. The molecule has 3 rings (SSSR count). The Morgan fingerprint density at radius 1 is 1.22 bits per heavy atom. The third kappa shape index (κ3) is 6.40. The Morgan fingerprint density at radius 2 is 1.97 bits per heavy atom. The van der Waals surface area contributed by atoms with Crippen LogP contribution < -0.4 is 4.73 Å². The number of ether oxygens (including phenoxy) is 1. The lowest BCUT2D eigenvalue weighted by atomic mass is 10.1. The van der Waals surface area contributed by atoms with Crippen LogP contribution in [-0.4, -0.2) is 50.4 Å². The number of aromatic nitrogens is 2. The molecule has 2 heterocycles. The van der Waals surface area contributed by atoms with Crippen molar-refractivity contribution < 1.29 is 29.4 Å². The molecule has 0 aliphatic carbocycles. The minimum Gasteiger partial charge on any atom is -0.480 e. The van der Waals surface area contributed by atoms with Gasteiger partial charge in [0.2, 0.25) is 12.4 Å². The zero-order chi connectivity index (χ0) is 23.3. The number of thiazole rings is 1. The van der Waals surface area contributed by atoms with Crippen molar-refractivity contribution in [2.75, 3.05) is 6.54 Å². The molecule has 0 saturated heterocycles. The number of carboxylic acid groups (broad SMARTS) is 1. The molecule has 0 spiro atoms. The molecule has 0 saturated carbocycles. The number of pyridine rings is 1. The van der Waals surface area contributed by atoms with Crippen molar-refractivity contribution in [1.29, 1.82) is 0 Å². The molecule has 0 unspecified atom stereocenters. The van der Waals surface area contributed by atoms with Gasteiger partial charge in [0.05, 0.1) is 15.2 Å². The molecule has 0 radical (unpaired) electrons. The lowest BCUT2D eigenvalue weighted by molar-refractivity contribution is -0.905. The minimum atomic E-state index is -1.11. The van der Waals surface area contributed by atoms with Crippen LogP contribution in [0.4, 0.5) is 4.79 Å². The first-order chi connectivity index (χ1) is 15.1. The van der Waals surface area contributed by atoms with Crippen LogP contribution in [0.5, 0.6) is 0 Å². The van der Waals surface area contributed by atoms with Crippen molar-refractivity contribution in [1.82, 2.24) is 9.88 Å². The first-order valence-electron chi connectivity index (χ1n) is 10.4. The number of benzene rings is 1. The van der Waals surface area contributed by atoms with Crippen LogP contribution in [0.15, 0.2) is 48.8 Å². The second kappa shape index (κ2) is 9.95. The highest BCUT2D eigenvalue weighted by Crippen LogP contribution is 2.24. The lowest BCUT2D eigenvalue weighted by Gasteiger charge is -2.31. The molecule has 170 valence electrons. The quantitative estimate of drug-likeness (QED) is 0.394. The summed E-state index contributed by atoms with van der Waals surface area (Å²) in [4.78, 5) is 31.0. The molecular formula is C23H28N3O5S+. The van der Waals surface area contributed by atoms with E-state index in [-0.39, 0.29) is 13.0 Å². The van der Waals surface area contributed by atoms with Crippen LogP contribution in [-0.2, 0) is 22.4 Å². The van der Waals surface area contributed by atoms with E-state index in [0.717, 1.165) is 20.5 Å². The van der Waals surface area contributed by atoms with E-state index in [2.05, 4.69) is 4.98 Å². The zero-order valence-electron chi connectivity index (χ0n) is 18.4. The first kappa shape index (κ1) is 23.5. The second-order valence-electron chi connectivity index (χ2n) is 8.50. The second-order valence-corrected chi connectivity index (χ2v) is 9.62. The van der Waals surface area contributed by atoms with Gasteiger partial charge in [-0.1, -0.05) is 12.1 Å². The number of nitrogens with zero attached hydrogens (tertiary/aromatic N) is 3. The summed E-state index contributed by atoms with van der Waals surface area (Å²) in [5.41, 5.74) is 0.926. The maximum atomic E-state index is 12.9. The van der Waals surface area contributed by atoms with Gasteiger partial charge in [-0.05, 0) is 51.8 Å². The van der Waals surface area contributed by atoms with Crippen LogP contribution >= 0.6 is 11.3 Å². The molecule has 1 amide bonds. The van der Waals surface area contributed by atoms with E-state index >= 15 is 0 Å². The van der Waals surface area contributed by atoms with Gasteiger partial charge in [0, 0.05) is 29.3 Å². The monoisotopic (exact) mass is 458 g/mol. The third-order valence-electron chi connectivity index (χ3n) is 4.71. The molecule has 8 nitrogen and oxygen atoms in total. The molecule has 2 N–H and O–H groups in total. The summed E-state index contributed by atoms with van der Waals surface area (Å²) in [5.74, 6) is -1.11. The highest BCUT2D eigenvalue weighted by atomic mass is 32.1. The van der Waals surface area contributed by atoms with Gasteiger partial charge in [-0.3, -0.25) is 10.1 Å². The Labute approximate surface area is 190 Å². The number of amides is 1. The minimum absolute atomic E-state index is 0.0932. The number of fused-ring (bicyclic) bond motifs is 1. The maximum Gasteiger partial charge on any atom is 0.411 e. The highest BCUT2D eigenvalue weighted by Gasteiger charge is 2.33. The summed E-state index contributed by atoms with van der Waals surface area (Å²) in [6, 6.07) is 10.1. The Kier molecular flexibility index (Phi) is 7.29. The van der Waals surface area contributed by atoms with Crippen LogP contribution in [0.3, 0.4) is 0 Å². The standard InChI is InChI=1S/C23H27N3O5S/c1-23(2,3)31-22(29)26(13-7-9-16-8-6-12-25(30)15-16)18(21(27)28)14-20-24-17-10-4-5-11-19(17)32-20/h4-6,8,10-12,15,18H,7,9,13-14H2,1-3H3,(H-,27,28,30)/p+1/t18-/m0/s1. The number of rotatable bonds is 8. The van der Waals surface area contributed by atoms with Crippen molar-refractivity contribution >= 4 is 33.6 Å². The normalized spacial score (nSPS) is 12.5. The number of hydrogen-bond acceptors (Lipinski definition) is 6. The van der Waals surface area contributed by atoms with Gasteiger partial charge in [-0.25, -0.2) is 14.6 Å². The number of carboxylic acids is 1. The average molecular weight is 459 g/mol. The van der Waals surface area contributed by atoms with Gasteiger partial charge < -0.3 is 9.84 Å². The van der Waals surface area contributed by atoms with E-state index in [1.54, 1.807) is 33.0 Å². The van der Waals surface area contributed by atoms with Gasteiger partial charge in [-0.15, -0.1) is 11.3 Å². The molecular weight excluding hydrogens is 430 g/mol. The largest absolute Gasteiger partial charge is 0.480 e. The summed E-state index contributed by atoms with van der Waals surface area (Å²) in [6.45, 7) is 5.43. The maximum absolute atomic E-state index is 12.9. The van der Waals surface area contributed by atoms with Gasteiger partial charge in [0.1, 0.15) is 11.6 Å². The fourth-order valence-electron chi connectivity index (χ4n) is 3.31. The smallest absolute Gasteiger partial charge is 0.411 e. The van der Waals surface area contributed by atoms with Crippen molar-refractivity contribution in [3.63, 3.8) is 0 Å². The van der Waals surface area contributed by atoms with Crippen molar-refractivity contribution in [2.24, 2.45) is 0 Å². The first-order valence-corrected chi connectivity index (χ1v) is 11.2. The van der Waals surface area contributed by atoms with Crippen LogP contribution in [0, 0.1) is 0 Å². The fourth-order valence-corrected chi connectivity index (χ4v) is 4.31. The number of carbonyl (C=O) groups is 2. The molecule has 0 aliphatic heterocycles. The summed E-state index contributed by atoms with van der Waals surface area (Å²) in [5, 5.41) is 20.2. The fraction of sp³-hybridized carbons (Fsp3) is 0.391. The van der Waals surface area contributed by atoms with E-state index < -0.39 is 23.7 Å². The molecule has 0 fully saturated rings. The summed E-state index contributed by atoms with van der Waals surface area (Å²) in [7, 11) is 0. The molecule has 32 heavy (non-hydrogen) atoms. The van der Waals surface area contributed by atoms with Crippen LogP contribution in [0.1, 0.15) is 37.8 Å². The zero-order valence-corrected chi connectivity index (χ0v) is 19.2. The van der Waals surface area contributed by atoms with E-state index in [0.29, 0.717) is 17.8 Å². The number of hydrogen-bond donors (Lipinski definition) is 2. The summed E-state index contributed by atoms with van der Waals surface area (Å²) < 4.78 is 7.45. The summed E-state index contributed by atoms with van der Waals surface area (Å²) in [6.07, 6.45) is 3.58. The number of carbonyl (C=O) groups excluding carboxylic acids is 1. The molecule has 2 aromatic heterocycles. The van der Waals surface area contributed by atoms with Crippen molar-refractivity contribution in [3.05, 3.63) is 59.4 Å². The highest BCUT2D eigenvalue weighted by molar-refractivity contribution is 7.18. The summed E-state index contributed by atoms with van der Waals surface area (Å²) >= 11 is 1.42. The molecule has 0 aliphatic rings. The van der Waals surface area contributed by atoms with E-state index in [1.807, 2.05) is 30.3 Å². The van der Waals surface area contributed by atoms with E-state index in [1.165, 1.54) is 22.4 Å². The average Bonchev–Trinajstić information content (AvgIpc) is 3.11. The third-order valence-corrected chi connectivity index (χ3v) is 5.77. The Balaban J connectivity index is 1.80. The number of aliphatic carboxylic acids is 1. The Morgan fingerprint density at radius 3 is 2.62 bits per heavy atom.